The number of rotatable bonds is 2. The fourth-order valence-electron chi connectivity index (χ4n) is 2.47. The third-order valence-corrected chi connectivity index (χ3v) is 3.50. The van der Waals surface area contributed by atoms with Crippen LogP contribution in [-0.2, 0) is 0 Å². The van der Waals surface area contributed by atoms with E-state index in [9.17, 15) is 0 Å². The van der Waals surface area contributed by atoms with Crippen molar-refractivity contribution in [1.82, 2.24) is 14.5 Å². The monoisotopic (exact) mass is 250 g/mol. The molecule has 19 heavy (non-hydrogen) atoms. The Morgan fingerprint density at radius 2 is 1.95 bits per heavy atom. The van der Waals surface area contributed by atoms with Crippen LogP contribution in [-0.4, -0.2) is 14.5 Å². The Labute approximate surface area is 110 Å². The van der Waals surface area contributed by atoms with Crippen molar-refractivity contribution in [2.24, 2.45) is 0 Å². The molecule has 0 spiro atoms. The minimum absolute atomic E-state index is 0.538. The van der Waals surface area contributed by atoms with E-state index in [1.165, 1.54) is 12.8 Å². The molecule has 1 fully saturated rings. The van der Waals surface area contributed by atoms with E-state index >= 15 is 0 Å². The highest BCUT2D eigenvalue weighted by atomic mass is 15.2. The summed E-state index contributed by atoms with van der Waals surface area (Å²) in [6.07, 6.45) is 4.12. The predicted molar refractivity (Wildman–Crippen MR) is 75.6 cm³/mol. The molecular weight excluding hydrogens is 236 g/mol. The summed E-state index contributed by atoms with van der Waals surface area (Å²) in [5.74, 6) is 0.996. The number of fused-ring (bicyclic) bond motifs is 1. The minimum Gasteiger partial charge on any atom is -0.397 e. The van der Waals surface area contributed by atoms with Crippen molar-refractivity contribution >= 4 is 16.9 Å². The predicted octanol–water partition coefficient (Wildman–Crippen LogP) is 3.02. The molecule has 4 rings (SSSR count). The summed E-state index contributed by atoms with van der Waals surface area (Å²) in [5.41, 5.74) is 9.41. The number of pyridine rings is 1. The lowest BCUT2D eigenvalue weighted by atomic mass is 10.2. The molecule has 1 saturated carbocycles. The molecule has 2 heterocycles. The maximum Gasteiger partial charge on any atom is 0.160 e. The Hall–Kier alpha value is -2.36. The highest BCUT2D eigenvalue weighted by Crippen LogP contribution is 2.40. The summed E-state index contributed by atoms with van der Waals surface area (Å²) in [7, 11) is 0. The van der Waals surface area contributed by atoms with E-state index < -0.39 is 0 Å². The summed E-state index contributed by atoms with van der Waals surface area (Å²) in [5, 5.41) is 0. The van der Waals surface area contributed by atoms with Gasteiger partial charge in [-0.2, -0.15) is 0 Å². The number of hydrogen-bond donors (Lipinski definition) is 1. The molecule has 1 aromatic carbocycles. The number of nitrogens with two attached hydrogens (primary N) is 1. The summed E-state index contributed by atoms with van der Waals surface area (Å²) in [4.78, 5) is 9.19. The van der Waals surface area contributed by atoms with Crippen LogP contribution in [0.2, 0.25) is 0 Å². The third kappa shape index (κ3) is 1.68. The normalized spacial score (nSPS) is 14.9. The summed E-state index contributed by atoms with van der Waals surface area (Å²) in [6.45, 7) is 0. The van der Waals surface area contributed by atoms with Crippen molar-refractivity contribution in [2.75, 3.05) is 5.73 Å². The second kappa shape index (κ2) is 3.82. The second-order valence-electron chi connectivity index (χ2n) is 5.01. The molecule has 1 aliphatic rings. The lowest BCUT2D eigenvalue weighted by Crippen LogP contribution is -1.98. The molecule has 4 heteroatoms. The largest absolute Gasteiger partial charge is 0.397 e. The highest BCUT2D eigenvalue weighted by Gasteiger charge is 2.29. The Bertz CT molecular complexity index is 741. The molecule has 0 radical (unpaired) electrons. The molecule has 0 bridgehead atoms. The van der Waals surface area contributed by atoms with E-state index in [1.54, 1.807) is 6.20 Å². The van der Waals surface area contributed by atoms with Gasteiger partial charge in [-0.1, -0.05) is 30.3 Å². The maximum absolute atomic E-state index is 5.80. The first-order valence-electron chi connectivity index (χ1n) is 6.52. The van der Waals surface area contributed by atoms with E-state index in [0.29, 0.717) is 11.7 Å². The topological polar surface area (TPSA) is 56.7 Å². The van der Waals surface area contributed by atoms with E-state index in [2.05, 4.69) is 21.7 Å². The molecule has 1 aliphatic carbocycles. The summed E-state index contributed by atoms with van der Waals surface area (Å²) < 4.78 is 2.25. The summed E-state index contributed by atoms with van der Waals surface area (Å²) >= 11 is 0. The minimum atomic E-state index is 0.538. The van der Waals surface area contributed by atoms with Crippen LogP contribution in [0.1, 0.15) is 18.9 Å². The summed E-state index contributed by atoms with van der Waals surface area (Å²) in [6, 6.07) is 12.7. The number of hydrogen-bond acceptors (Lipinski definition) is 3. The van der Waals surface area contributed by atoms with Gasteiger partial charge in [0.25, 0.3) is 0 Å². The number of anilines is 1. The number of aromatic nitrogens is 3. The van der Waals surface area contributed by atoms with Crippen molar-refractivity contribution in [2.45, 2.75) is 18.9 Å². The van der Waals surface area contributed by atoms with E-state index in [0.717, 1.165) is 22.6 Å². The van der Waals surface area contributed by atoms with Crippen LogP contribution < -0.4 is 5.73 Å². The second-order valence-corrected chi connectivity index (χ2v) is 5.01. The molecule has 2 N–H and O–H groups in total. The fraction of sp³-hybridized carbons (Fsp3) is 0.200. The SMILES string of the molecule is Nc1cnc2c(c1)nc(-c1ccccc1)n2C1CC1. The van der Waals surface area contributed by atoms with Crippen LogP contribution in [0, 0.1) is 0 Å². The quantitative estimate of drug-likeness (QED) is 0.760. The molecule has 4 nitrogen and oxygen atoms in total. The first kappa shape index (κ1) is 10.6. The Morgan fingerprint density at radius 3 is 2.68 bits per heavy atom. The van der Waals surface area contributed by atoms with Gasteiger partial charge in [-0.05, 0) is 18.9 Å². The number of nitrogen functional groups attached to an aromatic ring is 1. The van der Waals surface area contributed by atoms with Crippen LogP contribution in [0.3, 0.4) is 0 Å². The Kier molecular flexibility index (Phi) is 2.12. The Balaban J connectivity index is 2.01. The third-order valence-electron chi connectivity index (χ3n) is 3.50. The smallest absolute Gasteiger partial charge is 0.160 e. The highest BCUT2D eigenvalue weighted by molar-refractivity contribution is 5.80. The number of imidazole rings is 1. The van der Waals surface area contributed by atoms with Crippen LogP contribution in [0.15, 0.2) is 42.6 Å². The van der Waals surface area contributed by atoms with E-state index in [-0.39, 0.29) is 0 Å². The zero-order valence-corrected chi connectivity index (χ0v) is 10.5. The van der Waals surface area contributed by atoms with Gasteiger partial charge in [0.2, 0.25) is 0 Å². The molecular formula is C15H14N4. The molecule has 0 atom stereocenters. The van der Waals surface area contributed by atoms with Gasteiger partial charge in [-0.3, -0.25) is 0 Å². The molecule has 3 aromatic rings. The van der Waals surface area contributed by atoms with Gasteiger partial charge in [-0.15, -0.1) is 0 Å². The lowest BCUT2D eigenvalue weighted by Gasteiger charge is -2.06. The zero-order chi connectivity index (χ0) is 12.8. The first-order chi connectivity index (χ1) is 9.33. The average Bonchev–Trinajstić information content (AvgIpc) is 3.20. The van der Waals surface area contributed by atoms with Crippen LogP contribution in [0.4, 0.5) is 5.69 Å². The van der Waals surface area contributed by atoms with Gasteiger partial charge in [0, 0.05) is 11.6 Å². The maximum atomic E-state index is 5.80. The molecule has 0 saturated heterocycles. The molecule has 0 aliphatic heterocycles. The average molecular weight is 250 g/mol. The van der Waals surface area contributed by atoms with Crippen molar-refractivity contribution < 1.29 is 0 Å². The van der Waals surface area contributed by atoms with Crippen molar-refractivity contribution in [3.8, 4) is 11.4 Å². The van der Waals surface area contributed by atoms with E-state index in [4.69, 9.17) is 10.7 Å². The molecule has 2 aromatic heterocycles. The van der Waals surface area contributed by atoms with Gasteiger partial charge in [0.05, 0.1) is 11.9 Å². The van der Waals surface area contributed by atoms with Gasteiger partial charge in [-0.25, -0.2) is 9.97 Å². The zero-order valence-electron chi connectivity index (χ0n) is 10.5. The van der Waals surface area contributed by atoms with Crippen molar-refractivity contribution in [3.05, 3.63) is 42.6 Å². The first-order valence-corrected chi connectivity index (χ1v) is 6.52. The Morgan fingerprint density at radius 1 is 1.16 bits per heavy atom. The fourth-order valence-corrected chi connectivity index (χ4v) is 2.47. The molecule has 0 unspecified atom stereocenters. The lowest BCUT2D eigenvalue weighted by molar-refractivity contribution is 0.766. The van der Waals surface area contributed by atoms with Crippen molar-refractivity contribution in [3.63, 3.8) is 0 Å². The van der Waals surface area contributed by atoms with Gasteiger partial charge in [0.15, 0.2) is 5.65 Å². The molecule has 0 amide bonds. The van der Waals surface area contributed by atoms with Crippen molar-refractivity contribution in [1.29, 1.82) is 0 Å². The van der Waals surface area contributed by atoms with Gasteiger partial charge >= 0.3 is 0 Å². The van der Waals surface area contributed by atoms with E-state index in [1.807, 2.05) is 24.3 Å². The van der Waals surface area contributed by atoms with Gasteiger partial charge < -0.3 is 10.3 Å². The van der Waals surface area contributed by atoms with Gasteiger partial charge in [0.1, 0.15) is 11.3 Å². The number of benzene rings is 1. The number of nitrogens with zero attached hydrogens (tertiary/aromatic N) is 3. The van der Waals surface area contributed by atoms with Crippen LogP contribution in [0.5, 0.6) is 0 Å². The standard InChI is InChI=1S/C15H14N4/c16-11-8-13-15(17-9-11)19(12-6-7-12)14(18-13)10-4-2-1-3-5-10/h1-5,8-9,12H,6-7,16H2. The van der Waals surface area contributed by atoms with Crippen LogP contribution in [0.25, 0.3) is 22.6 Å². The van der Waals surface area contributed by atoms with Crippen LogP contribution >= 0.6 is 0 Å². The molecule has 94 valence electrons.